The lowest BCUT2D eigenvalue weighted by Crippen LogP contribution is -2.23. The van der Waals surface area contributed by atoms with Crippen molar-refractivity contribution in [3.05, 3.63) is 99.4 Å². The topological polar surface area (TPSA) is 87.4 Å². The third-order valence-corrected chi connectivity index (χ3v) is 6.36. The number of methoxy groups -OCH3 is 1. The molecule has 0 saturated heterocycles. The SMILES string of the molecule is COc1ccc(-c2nn(-c3ccccc3)cc2C=c2sc3nc(-c4ccco4)nn3c2=O)cc1F. The highest BCUT2D eigenvalue weighted by Gasteiger charge is 2.17. The molecule has 172 valence electrons. The first-order valence-electron chi connectivity index (χ1n) is 10.5. The molecule has 35 heavy (non-hydrogen) atoms. The van der Waals surface area contributed by atoms with Crippen LogP contribution < -0.4 is 14.8 Å². The van der Waals surface area contributed by atoms with E-state index in [-0.39, 0.29) is 11.3 Å². The average molecular weight is 486 g/mol. The summed E-state index contributed by atoms with van der Waals surface area (Å²) in [5.74, 6) is 0.468. The number of furan rings is 1. The van der Waals surface area contributed by atoms with E-state index in [4.69, 9.17) is 14.3 Å². The Hall–Kier alpha value is -4.57. The van der Waals surface area contributed by atoms with Crippen LogP contribution in [0.15, 0.2) is 82.3 Å². The van der Waals surface area contributed by atoms with Gasteiger partial charge in [-0.25, -0.2) is 9.07 Å². The number of fused-ring (bicyclic) bond motifs is 1. The van der Waals surface area contributed by atoms with E-state index in [1.807, 2.05) is 30.3 Å². The van der Waals surface area contributed by atoms with Crippen LogP contribution in [0.1, 0.15) is 5.56 Å². The number of hydrogen-bond acceptors (Lipinski definition) is 7. The number of benzene rings is 2. The van der Waals surface area contributed by atoms with Gasteiger partial charge >= 0.3 is 0 Å². The van der Waals surface area contributed by atoms with E-state index < -0.39 is 5.82 Å². The molecule has 0 N–H and O–H groups in total. The molecule has 0 aliphatic heterocycles. The van der Waals surface area contributed by atoms with Crippen molar-refractivity contribution in [1.29, 1.82) is 0 Å². The van der Waals surface area contributed by atoms with Crippen molar-refractivity contribution in [1.82, 2.24) is 24.4 Å². The number of ether oxygens (including phenoxy) is 1. The van der Waals surface area contributed by atoms with Gasteiger partial charge in [-0.05, 0) is 48.5 Å². The molecule has 0 spiro atoms. The van der Waals surface area contributed by atoms with Gasteiger partial charge in [0.05, 0.1) is 23.6 Å². The summed E-state index contributed by atoms with van der Waals surface area (Å²) >= 11 is 1.20. The Bertz CT molecular complexity index is 1770. The standard InChI is InChI=1S/C25H16FN5O3S/c1-33-19-10-9-15(12-18(19)26)22-16(14-30(28-22)17-6-3-2-4-7-17)13-21-24(32)31-25(35-21)27-23(29-31)20-8-5-11-34-20/h2-14H,1H3. The highest BCUT2D eigenvalue weighted by molar-refractivity contribution is 7.15. The van der Waals surface area contributed by atoms with Crippen molar-refractivity contribution in [3.8, 4) is 34.3 Å². The number of thiazole rings is 1. The van der Waals surface area contributed by atoms with E-state index in [1.54, 1.807) is 41.2 Å². The van der Waals surface area contributed by atoms with Gasteiger partial charge < -0.3 is 9.15 Å². The van der Waals surface area contributed by atoms with Crippen molar-refractivity contribution in [2.45, 2.75) is 0 Å². The monoisotopic (exact) mass is 485 g/mol. The number of nitrogens with zero attached hydrogens (tertiary/aromatic N) is 5. The molecule has 8 nitrogen and oxygen atoms in total. The van der Waals surface area contributed by atoms with E-state index in [1.165, 1.54) is 35.3 Å². The van der Waals surface area contributed by atoms with Crippen LogP contribution in [0, 0.1) is 5.82 Å². The minimum atomic E-state index is -0.501. The number of halogens is 1. The van der Waals surface area contributed by atoms with Gasteiger partial charge in [0.2, 0.25) is 10.8 Å². The number of rotatable bonds is 5. The first kappa shape index (κ1) is 21.0. The lowest BCUT2D eigenvalue weighted by Gasteiger charge is -2.04. The molecular formula is C25H16FN5O3S. The van der Waals surface area contributed by atoms with Crippen LogP contribution in [0.5, 0.6) is 5.75 Å². The summed E-state index contributed by atoms with van der Waals surface area (Å²) in [5.41, 5.74) is 2.23. The van der Waals surface area contributed by atoms with Crippen molar-refractivity contribution in [2.75, 3.05) is 7.11 Å². The van der Waals surface area contributed by atoms with Crippen LogP contribution in [-0.2, 0) is 0 Å². The van der Waals surface area contributed by atoms with E-state index in [2.05, 4.69) is 10.1 Å². The van der Waals surface area contributed by atoms with E-state index in [9.17, 15) is 9.18 Å². The zero-order valence-electron chi connectivity index (χ0n) is 18.3. The zero-order chi connectivity index (χ0) is 23.9. The maximum absolute atomic E-state index is 14.5. The van der Waals surface area contributed by atoms with E-state index in [0.29, 0.717) is 37.9 Å². The third-order valence-electron chi connectivity index (χ3n) is 5.40. The maximum Gasteiger partial charge on any atom is 0.291 e. The Balaban J connectivity index is 1.51. The first-order chi connectivity index (χ1) is 17.1. The fourth-order valence-corrected chi connectivity index (χ4v) is 4.63. The molecule has 0 aliphatic rings. The second kappa shape index (κ2) is 8.33. The highest BCUT2D eigenvalue weighted by Crippen LogP contribution is 2.28. The number of para-hydroxylation sites is 1. The predicted octanol–water partition coefficient (Wildman–Crippen LogP) is 3.96. The molecule has 0 unspecified atom stereocenters. The first-order valence-corrected chi connectivity index (χ1v) is 11.4. The van der Waals surface area contributed by atoms with Crippen LogP contribution in [0.2, 0.25) is 0 Å². The largest absolute Gasteiger partial charge is 0.494 e. The summed E-state index contributed by atoms with van der Waals surface area (Å²) in [6, 6.07) is 17.6. The van der Waals surface area contributed by atoms with Crippen LogP contribution in [0.25, 0.3) is 39.6 Å². The molecule has 6 aromatic rings. The van der Waals surface area contributed by atoms with Crippen molar-refractivity contribution in [3.63, 3.8) is 0 Å². The van der Waals surface area contributed by atoms with Crippen molar-refractivity contribution >= 4 is 22.4 Å². The Morgan fingerprint density at radius 2 is 1.94 bits per heavy atom. The minimum Gasteiger partial charge on any atom is -0.494 e. The Morgan fingerprint density at radius 1 is 1.09 bits per heavy atom. The lowest BCUT2D eigenvalue weighted by molar-refractivity contribution is 0.386. The number of hydrogen-bond donors (Lipinski definition) is 0. The smallest absolute Gasteiger partial charge is 0.291 e. The van der Waals surface area contributed by atoms with Crippen LogP contribution >= 0.6 is 11.3 Å². The quantitative estimate of drug-likeness (QED) is 0.367. The average Bonchev–Trinajstić information content (AvgIpc) is 3.66. The molecule has 2 aromatic carbocycles. The van der Waals surface area contributed by atoms with Crippen molar-refractivity contribution in [2.24, 2.45) is 0 Å². The van der Waals surface area contributed by atoms with Gasteiger partial charge in [0.15, 0.2) is 17.3 Å². The summed E-state index contributed by atoms with van der Waals surface area (Å²) in [6.07, 6.45) is 5.05. The molecule has 0 amide bonds. The zero-order valence-corrected chi connectivity index (χ0v) is 19.1. The molecule has 0 bridgehead atoms. The van der Waals surface area contributed by atoms with E-state index in [0.717, 1.165) is 5.69 Å². The Morgan fingerprint density at radius 3 is 2.66 bits per heavy atom. The fourth-order valence-electron chi connectivity index (χ4n) is 3.73. The number of aromatic nitrogens is 5. The summed E-state index contributed by atoms with van der Waals surface area (Å²) in [7, 11) is 1.41. The molecule has 0 fully saturated rings. The summed E-state index contributed by atoms with van der Waals surface area (Å²) in [5, 5.41) is 8.98. The van der Waals surface area contributed by atoms with Crippen LogP contribution in [0.3, 0.4) is 0 Å². The molecule has 0 aliphatic carbocycles. The van der Waals surface area contributed by atoms with Crippen LogP contribution in [-0.4, -0.2) is 31.5 Å². The Kier molecular flexibility index (Phi) is 5.00. The molecular weight excluding hydrogens is 469 g/mol. The Labute approximate surface area is 201 Å². The molecule has 0 atom stereocenters. The molecule has 0 radical (unpaired) electrons. The van der Waals surface area contributed by atoms with Gasteiger partial charge in [-0.2, -0.15) is 14.6 Å². The van der Waals surface area contributed by atoms with Crippen molar-refractivity contribution < 1.29 is 13.5 Å². The summed E-state index contributed by atoms with van der Waals surface area (Å²) in [4.78, 5) is 17.9. The third kappa shape index (κ3) is 3.69. The van der Waals surface area contributed by atoms with Gasteiger partial charge in [-0.3, -0.25) is 4.79 Å². The lowest BCUT2D eigenvalue weighted by atomic mass is 10.1. The van der Waals surface area contributed by atoms with Gasteiger partial charge in [0.1, 0.15) is 5.69 Å². The molecule has 4 heterocycles. The molecule has 6 rings (SSSR count). The van der Waals surface area contributed by atoms with Crippen LogP contribution in [0.4, 0.5) is 4.39 Å². The second-order valence-corrected chi connectivity index (χ2v) is 8.59. The van der Waals surface area contributed by atoms with Gasteiger partial charge in [-0.1, -0.05) is 29.5 Å². The maximum atomic E-state index is 14.5. The fraction of sp³-hybridized carbons (Fsp3) is 0.0400. The summed E-state index contributed by atoms with van der Waals surface area (Å²) < 4.78 is 28.2. The molecule has 4 aromatic heterocycles. The summed E-state index contributed by atoms with van der Waals surface area (Å²) in [6.45, 7) is 0. The van der Waals surface area contributed by atoms with Gasteiger partial charge in [0, 0.05) is 17.3 Å². The van der Waals surface area contributed by atoms with E-state index >= 15 is 0 Å². The molecule has 10 heteroatoms. The predicted molar refractivity (Wildman–Crippen MR) is 129 cm³/mol. The molecule has 0 saturated carbocycles. The normalized spacial score (nSPS) is 12.0. The highest BCUT2D eigenvalue weighted by atomic mass is 32.1. The van der Waals surface area contributed by atoms with Gasteiger partial charge in [0.25, 0.3) is 5.56 Å². The second-order valence-electron chi connectivity index (χ2n) is 7.59. The minimum absolute atomic E-state index is 0.140. The van der Waals surface area contributed by atoms with Gasteiger partial charge in [-0.15, -0.1) is 5.10 Å².